The normalized spacial score (nSPS) is 58.9. The van der Waals surface area contributed by atoms with E-state index in [0.29, 0.717) is 11.8 Å². The topological polar surface area (TPSA) is 40.5 Å². The molecule has 10 atom stereocenters. The van der Waals surface area contributed by atoms with E-state index in [9.17, 15) is 10.2 Å². The smallest absolute Gasteiger partial charge is 0.0870 e. The largest absolute Gasteiger partial charge is 0.390 e. The molecular formula is C21H32Cl4O2. The average molecular weight is 458 g/mol. The molecule has 0 amide bonds. The monoisotopic (exact) mass is 456 g/mol. The first-order chi connectivity index (χ1) is 12.3. The van der Waals surface area contributed by atoms with Crippen LogP contribution in [-0.2, 0) is 0 Å². The van der Waals surface area contributed by atoms with E-state index in [2.05, 4.69) is 27.7 Å². The summed E-state index contributed by atoms with van der Waals surface area (Å²) in [4.78, 5) is 0. The zero-order valence-electron chi connectivity index (χ0n) is 16.5. The number of halogens is 4. The minimum atomic E-state index is -0.703. The summed E-state index contributed by atoms with van der Waals surface area (Å²) in [5.41, 5.74) is 0.0715. The molecule has 4 saturated carbocycles. The van der Waals surface area contributed by atoms with Gasteiger partial charge in [0.25, 0.3) is 0 Å². The fourth-order valence-electron chi connectivity index (χ4n) is 8.09. The number of aliphatic hydroxyl groups is 2. The predicted octanol–water partition coefficient (Wildman–Crippen LogP) is 5.26. The molecule has 10 unspecified atom stereocenters. The van der Waals surface area contributed by atoms with Crippen molar-refractivity contribution in [3.05, 3.63) is 0 Å². The van der Waals surface area contributed by atoms with Gasteiger partial charge in [0, 0.05) is 0 Å². The maximum Gasteiger partial charge on any atom is 0.0870 e. The second-order valence-electron chi connectivity index (χ2n) is 11.2. The van der Waals surface area contributed by atoms with Gasteiger partial charge in [-0.2, -0.15) is 0 Å². The summed E-state index contributed by atoms with van der Waals surface area (Å²) in [6.07, 6.45) is 2.20. The Morgan fingerprint density at radius 2 is 1.00 bits per heavy atom. The lowest BCUT2D eigenvalue weighted by molar-refractivity contribution is -0.0146. The second kappa shape index (κ2) is 6.54. The highest BCUT2D eigenvalue weighted by molar-refractivity contribution is 6.25. The fourth-order valence-corrected chi connectivity index (χ4v) is 10.1. The highest BCUT2D eigenvalue weighted by Crippen LogP contribution is 2.75. The summed E-state index contributed by atoms with van der Waals surface area (Å²) in [5.74, 6) is 1.04. The Labute approximate surface area is 183 Å². The Hall–Kier alpha value is 1.08. The van der Waals surface area contributed by atoms with E-state index in [0.717, 1.165) is 25.7 Å². The lowest BCUT2D eigenvalue weighted by Gasteiger charge is -2.51. The van der Waals surface area contributed by atoms with Gasteiger partial charge in [0.2, 0.25) is 0 Å². The van der Waals surface area contributed by atoms with Crippen molar-refractivity contribution in [3.63, 3.8) is 0 Å². The maximum atomic E-state index is 10.7. The number of hydrogen-bond donors (Lipinski definition) is 2. The lowest BCUT2D eigenvalue weighted by Crippen LogP contribution is -2.55. The van der Waals surface area contributed by atoms with Crippen LogP contribution in [0.2, 0.25) is 0 Å². The first kappa shape index (κ1) is 21.3. The van der Waals surface area contributed by atoms with Crippen LogP contribution in [-0.4, -0.2) is 43.9 Å². The highest BCUT2D eigenvalue weighted by atomic mass is 35.5. The second-order valence-corrected chi connectivity index (χ2v) is 13.3. The Bertz CT molecular complexity index is 557. The van der Waals surface area contributed by atoms with Gasteiger partial charge in [-0.3, -0.25) is 0 Å². The summed E-state index contributed by atoms with van der Waals surface area (Å²) in [6, 6.07) is 0. The van der Waals surface area contributed by atoms with Gasteiger partial charge in [-0.25, -0.2) is 0 Å². The van der Waals surface area contributed by atoms with Gasteiger partial charge in [-0.05, 0) is 65.6 Å². The molecule has 156 valence electrons. The predicted molar refractivity (Wildman–Crippen MR) is 113 cm³/mol. The molecule has 0 aromatic rings. The van der Waals surface area contributed by atoms with E-state index < -0.39 is 12.2 Å². The zero-order valence-corrected chi connectivity index (χ0v) is 19.5. The van der Waals surface area contributed by atoms with Crippen LogP contribution < -0.4 is 0 Å². The van der Waals surface area contributed by atoms with Gasteiger partial charge in [-0.15, -0.1) is 46.4 Å². The third-order valence-electron chi connectivity index (χ3n) is 8.81. The molecule has 27 heavy (non-hydrogen) atoms. The van der Waals surface area contributed by atoms with Gasteiger partial charge in [-0.1, -0.05) is 27.7 Å². The molecule has 0 saturated heterocycles. The maximum absolute atomic E-state index is 10.7. The van der Waals surface area contributed by atoms with E-state index in [1.165, 1.54) is 0 Å². The first-order valence-corrected chi connectivity index (χ1v) is 12.0. The van der Waals surface area contributed by atoms with Crippen LogP contribution >= 0.6 is 46.4 Å². The molecule has 4 rings (SSSR count). The Morgan fingerprint density at radius 3 is 1.33 bits per heavy atom. The molecule has 0 aromatic carbocycles. The molecule has 0 bridgehead atoms. The molecule has 4 aliphatic carbocycles. The van der Waals surface area contributed by atoms with Gasteiger partial charge in [0.05, 0.1) is 33.7 Å². The fraction of sp³-hybridized carbons (Fsp3) is 1.00. The summed E-state index contributed by atoms with van der Waals surface area (Å²) in [6.45, 7) is 9.27. The summed E-state index contributed by atoms with van der Waals surface area (Å²) in [7, 11) is 0. The summed E-state index contributed by atoms with van der Waals surface area (Å²) < 4.78 is 0. The molecule has 6 heteroatoms. The number of alkyl halides is 4. The van der Waals surface area contributed by atoms with Gasteiger partial charge < -0.3 is 10.2 Å². The van der Waals surface area contributed by atoms with Gasteiger partial charge in [0.1, 0.15) is 0 Å². The third kappa shape index (κ3) is 2.87. The van der Waals surface area contributed by atoms with Crippen molar-refractivity contribution in [2.24, 2.45) is 39.9 Å². The van der Waals surface area contributed by atoms with E-state index in [-0.39, 0.29) is 49.6 Å². The highest BCUT2D eigenvalue weighted by Gasteiger charge is 2.72. The standard InChI is InChI=1S/C21H32Cl4O2/c1-19(2)7-21(13-9(19)5-11(22)17(26)15(13)24)8-20(3,4)10-6-12(23)18(27)16(25)14(10)21/h9-18,26-27H,5-8H2,1-4H3. The minimum absolute atomic E-state index is 0.0788. The summed E-state index contributed by atoms with van der Waals surface area (Å²) in [5, 5.41) is 20.1. The van der Waals surface area contributed by atoms with Gasteiger partial charge >= 0.3 is 0 Å². The van der Waals surface area contributed by atoms with Crippen LogP contribution in [0.5, 0.6) is 0 Å². The average Bonchev–Trinajstić information content (AvgIpc) is 2.89. The SMILES string of the molecule is CC1(C)CC2(CC(C)(C)C3CC(Cl)C(O)C(Cl)C32)C2C(Cl)C(O)C(Cl)CC21. The quantitative estimate of drug-likeness (QED) is 0.487. The molecule has 4 fully saturated rings. The van der Waals surface area contributed by atoms with Crippen LogP contribution in [0.15, 0.2) is 0 Å². The summed E-state index contributed by atoms with van der Waals surface area (Å²) >= 11 is 26.9. The molecule has 0 radical (unpaired) electrons. The van der Waals surface area contributed by atoms with Crippen LogP contribution in [0.4, 0.5) is 0 Å². The third-order valence-corrected chi connectivity index (χ3v) is 10.7. The number of fused-ring (bicyclic) bond motifs is 4. The van der Waals surface area contributed by atoms with Crippen molar-refractivity contribution >= 4 is 46.4 Å². The molecule has 0 heterocycles. The van der Waals surface area contributed by atoms with E-state index >= 15 is 0 Å². The lowest BCUT2D eigenvalue weighted by atomic mass is 9.59. The minimum Gasteiger partial charge on any atom is -0.390 e. The Kier molecular flexibility index (Phi) is 5.16. The Morgan fingerprint density at radius 1 is 0.667 bits per heavy atom. The van der Waals surface area contributed by atoms with E-state index in [1.54, 1.807) is 0 Å². The Balaban J connectivity index is 1.83. The van der Waals surface area contributed by atoms with Crippen LogP contribution in [0.25, 0.3) is 0 Å². The first-order valence-electron chi connectivity index (χ1n) is 10.3. The molecule has 2 N–H and O–H groups in total. The molecule has 4 aliphatic rings. The molecule has 0 aliphatic heterocycles. The molecule has 0 aromatic heterocycles. The van der Waals surface area contributed by atoms with Crippen LogP contribution in [0.3, 0.4) is 0 Å². The van der Waals surface area contributed by atoms with E-state index in [1.807, 2.05) is 0 Å². The number of rotatable bonds is 0. The molecule has 2 nitrogen and oxygen atoms in total. The van der Waals surface area contributed by atoms with Crippen LogP contribution in [0.1, 0.15) is 53.4 Å². The van der Waals surface area contributed by atoms with Crippen molar-refractivity contribution in [1.29, 1.82) is 0 Å². The molecule has 1 spiro atoms. The van der Waals surface area contributed by atoms with Crippen molar-refractivity contribution in [3.8, 4) is 0 Å². The van der Waals surface area contributed by atoms with Crippen molar-refractivity contribution in [2.75, 3.05) is 0 Å². The van der Waals surface area contributed by atoms with Crippen LogP contribution in [0, 0.1) is 39.9 Å². The number of aliphatic hydroxyl groups excluding tert-OH is 2. The van der Waals surface area contributed by atoms with Crippen molar-refractivity contribution in [2.45, 2.75) is 87.1 Å². The van der Waals surface area contributed by atoms with E-state index in [4.69, 9.17) is 46.4 Å². The van der Waals surface area contributed by atoms with Crippen molar-refractivity contribution < 1.29 is 10.2 Å². The zero-order chi connectivity index (χ0) is 20.1. The molecular weight excluding hydrogens is 426 g/mol. The van der Waals surface area contributed by atoms with Crippen molar-refractivity contribution in [1.82, 2.24) is 0 Å². The number of hydrogen-bond acceptors (Lipinski definition) is 2. The van der Waals surface area contributed by atoms with Gasteiger partial charge in [0.15, 0.2) is 0 Å².